The van der Waals surface area contributed by atoms with Gasteiger partial charge < -0.3 is 0 Å². The largest absolute Gasteiger partial charge is 0.0654 e. The van der Waals surface area contributed by atoms with Crippen molar-refractivity contribution < 1.29 is 0 Å². The van der Waals surface area contributed by atoms with Crippen LogP contribution in [0.1, 0.15) is 39.5 Å². The van der Waals surface area contributed by atoms with Crippen molar-refractivity contribution in [1.29, 1.82) is 0 Å². The van der Waals surface area contributed by atoms with E-state index in [9.17, 15) is 0 Å². The van der Waals surface area contributed by atoms with Crippen LogP contribution < -0.4 is 0 Å². The fraction of sp³-hybridized carbons (Fsp3) is 1.00. The van der Waals surface area contributed by atoms with Crippen molar-refractivity contribution in [1.82, 2.24) is 0 Å². The quantitative estimate of drug-likeness (QED) is 0.531. The molecular formula is C9H16. The first-order valence-corrected chi connectivity index (χ1v) is 4.26. The van der Waals surface area contributed by atoms with Gasteiger partial charge in [0, 0.05) is 0 Å². The zero-order chi connectivity index (χ0) is 6.48. The Bertz CT molecular complexity index is 128. The third-order valence-electron chi connectivity index (χ3n) is 3.37. The van der Waals surface area contributed by atoms with E-state index in [4.69, 9.17) is 0 Å². The molecule has 0 heteroatoms. The van der Waals surface area contributed by atoms with Crippen LogP contribution in [0.3, 0.4) is 0 Å². The lowest BCUT2D eigenvalue weighted by Crippen LogP contribution is -2.28. The van der Waals surface area contributed by atoms with Crippen molar-refractivity contribution in [3.05, 3.63) is 0 Å². The van der Waals surface area contributed by atoms with Crippen molar-refractivity contribution in [3.8, 4) is 0 Å². The molecule has 52 valence electrons. The highest BCUT2D eigenvalue weighted by atomic mass is 14.6. The first-order valence-electron chi connectivity index (χ1n) is 4.26. The second kappa shape index (κ2) is 1.53. The molecule has 0 amide bonds. The van der Waals surface area contributed by atoms with Crippen molar-refractivity contribution >= 4 is 0 Å². The summed E-state index contributed by atoms with van der Waals surface area (Å²) < 4.78 is 0. The van der Waals surface area contributed by atoms with Crippen molar-refractivity contribution in [2.45, 2.75) is 39.5 Å². The van der Waals surface area contributed by atoms with Gasteiger partial charge in [-0.2, -0.15) is 0 Å². The minimum Gasteiger partial charge on any atom is -0.0654 e. The molecule has 2 aliphatic carbocycles. The van der Waals surface area contributed by atoms with E-state index < -0.39 is 0 Å². The summed E-state index contributed by atoms with van der Waals surface area (Å²) in [6, 6.07) is 0. The number of fused-ring (bicyclic) bond motifs is 1. The van der Waals surface area contributed by atoms with E-state index in [1.54, 1.807) is 12.8 Å². The molecular weight excluding hydrogens is 108 g/mol. The maximum absolute atomic E-state index is 2.48. The molecule has 0 saturated heterocycles. The highest BCUT2D eigenvalue weighted by molar-refractivity contribution is 5.09. The number of hydrogen-bond acceptors (Lipinski definition) is 0. The van der Waals surface area contributed by atoms with E-state index in [0.717, 1.165) is 11.3 Å². The third-order valence-corrected chi connectivity index (χ3v) is 3.37. The van der Waals surface area contributed by atoms with Crippen LogP contribution in [0.15, 0.2) is 0 Å². The first-order chi connectivity index (χ1) is 4.26. The van der Waals surface area contributed by atoms with Gasteiger partial charge in [0.2, 0.25) is 0 Å². The SMILES string of the molecule is CCCC1(C)CC2CC21. The Hall–Kier alpha value is 0. The second-order valence-corrected chi connectivity index (χ2v) is 4.21. The molecule has 0 aliphatic heterocycles. The minimum atomic E-state index is 0.805. The molecule has 2 fully saturated rings. The van der Waals surface area contributed by atoms with Crippen LogP contribution in [-0.2, 0) is 0 Å². The van der Waals surface area contributed by atoms with E-state index >= 15 is 0 Å². The molecule has 0 aromatic heterocycles. The van der Waals surface area contributed by atoms with Crippen LogP contribution in [-0.4, -0.2) is 0 Å². The Labute approximate surface area is 57.6 Å². The van der Waals surface area contributed by atoms with Crippen LogP contribution in [0.25, 0.3) is 0 Å². The fourth-order valence-corrected chi connectivity index (χ4v) is 2.78. The zero-order valence-electron chi connectivity index (χ0n) is 6.48. The molecule has 3 atom stereocenters. The lowest BCUT2D eigenvalue weighted by Gasteiger charge is -2.37. The van der Waals surface area contributed by atoms with Gasteiger partial charge in [-0.25, -0.2) is 0 Å². The molecule has 2 rings (SSSR count). The molecule has 0 aromatic rings. The molecule has 0 aromatic carbocycles. The maximum Gasteiger partial charge on any atom is -0.0292 e. The number of hydrogen-bond donors (Lipinski definition) is 0. The average Bonchev–Trinajstić information content (AvgIpc) is 2.43. The highest BCUT2D eigenvalue weighted by Gasteiger charge is 2.60. The normalized spacial score (nSPS) is 54.0. The van der Waals surface area contributed by atoms with Crippen molar-refractivity contribution in [2.75, 3.05) is 0 Å². The summed E-state index contributed by atoms with van der Waals surface area (Å²) in [5, 5.41) is 0. The van der Waals surface area contributed by atoms with Crippen LogP contribution >= 0.6 is 0 Å². The predicted octanol–water partition coefficient (Wildman–Crippen LogP) is 2.83. The molecule has 0 radical (unpaired) electrons. The molecule has 3 unspecified atom stereocenters. The molecule has 0 spiro atoms. The Morgan fingerprint density at radius 1 is 1.56 bits per heavy atom. The highest BCUT2D eigenvalue weighted by Crippen LogP contribution is 2.68. The van der Waals surface area contributed by atoms with Gasteiger partial charge in [0.25, 0.3) is 0 Å². The van der Waals surface area contributed by atoms with E-state index in [-0.39, 0.29) is 0 Å². The van der Waals surface area contributed by atoms with Crippen LogP contribution in [0.2, 0.25) is 0 Å². The molecule has 0 nitrogen and oxygen atoms in total. The van der Waals surface area contributed by atoms with Crippen LogP contribution in [0, 0.1) is 17.3 Å². The zero-order valence-corrected chi connectivity index (χ0v) is 6.48. The summed E-state index contributed by atoms with van der Waals surface area (Å²) in [5.41, 5.74) is 0.805. The van der Waals surface area contributed by atoms with E-state index in [2.05, 4.69) is 13.8 Å². The number of rotatable bonds is 2. The lowest BCUT2D eigenvalue weighted by atomic mass is 9.68. The summed E-state index contributed by atoms with van der Waals surface area (Å²) in [4.78, 5) is 0. The van der Waals surface area contributed by atoms with Gasteiger partial charge in [-0.3, -0.25) is 0 Å². The van der Waals surface area contributed by atoms with Gasteiger partial charge in [0.15, 0.2) is 0 Å². The van der Waals surface area contributed by atoms with Gasteiger partial charge in [-0.15, -0.1) is 0 Å². The Balaban J connectivity index is 1.92. The molecule has 0 heterocycles. The lowest BCUT2D eigenvalue weighted by molar-refractivity contribution is 0.123. The third kappa shape index (κ3) is 0.653. The smallest absolute Gasteiger partial charge is 0.0292 e. The maximum atomic E-state index is 2.48. The summed E-state index contributed by atoms with van der Waals surface area (Å²) in [7, 11) is 0. The summed E-state index contributed by atoms with van der Waals surface area (Å²) in [5.74, 6) is 2.35. The fourth-order valence-electron chi connectivity index (χ4n) is 2.78. The summed E-state index contributed by atoms with van der Waals surface area (Å²) in [6.07, 6.45) is 5.98. The topological polar surface area (TPSA) is 0 Å². The van der Waals surface area contributed by atoms with E-state index in [0.29, 0.717) is 0 Å². The van der Waals surface area contributed by atoms with Crippen molar-refractivity contribution in [3.63, 3.8) is 0 Å². The second-order valence-electron chi connectivity index (χ2n) is 4.21. The Morgan fingerprint density at radius 2 is 2.33 bits per heavy atom. The predicted molar refractivity (Wildman–Crippen MR) is 39.2 cm³/mol. The van der Waals surface area contributed by atoms with Gasteiger partial charge in [0.1, 0.15) is 0 Å². The van der Waals surface area contributed by atoms with E-state index in [1.807, 2.05) is 0 Å². The van der Waals surface area contributed by atoms with Gasteiger partial charge >= 0.3 is 0 Å². The molecule has 2 saturated carbocycles. The van der Waals surface area contributed by atoms with Gasteiger partial charge in [0.05, 0.1) is 0 Å². The first kappa shape index (κ1) is 5.76. The molecule has 0 N–H and O–H groups in total. The van der Waals surface area contributed by atoms with Gasteiger partial charge in [-0.1, -0.05) is 20.3 Å². The van der Waals surface area contributed by atoms with Gasteiger partial charge in [-0.05, 0) is 36.5 Å². The molecule has 2 aliphatic rings. The minimum absolute atomic E-state index is 0.805. The van der Waals surface area contributed by atoms with E-state index in [1.165, 1.54) is 18.8 Å². The van der Waals surface area contributed by atoms with Crippen LogP contribution in [0.5, 0.6) is 0 Å². The Kier molecular flexibility index (Phi) is 0.980. The standard InChI is InChI=1S/C9H16/c1-3-4-9(2)6-7-5-8(7)9/h7-8H,3-6H2,1-2H3. The van der Waals surface area contributed by atoms with Crippen LogP contribution in [0.4, 0.5) is 0 Å². The average molecular weight is 124 g/mol. The summed E-state index contributed by atoms with van der Waals surface area (Å²) >= 11 is 0. The van der Waals surface area contributed by atoms with Crippen molar-refractivity contribution in [2.24, 2.45) is 17.3 Å². The Morgan fingerprint density at radius 3 is 2.67 bits per heavy atom. The molecule has 9 heavy (non-hydrogen) atoms. The molecule has 0 bridgehead atoms. The monoisotopic (exact) mass is 124 g/mol. The summed E-state index contributed by atoms with van der Waals surface area (Å²) in [6.45, 7) is 4.78.